The molecular weight excluding hydrogens is 311 g/mol. The number of methoxy groups -OCH3 is 1. The van der Waals surface area contributed by atoms with Crippen molar-refractivity contribution in [1.82, 2.24) is 0 Å². The number of rotatable bonds is 6. The molecular formula is C10H13IO4. The van der Waals surface area contributed by atoms with Gasteiger partial charge in [0, 0.05) is 10.7 Å². The third-order valence-electron chi connectivity index (χ3n) is 1.65. The van der Waals surface area contributed by atoms with Crippen molar-refractivity contribution in [2.24, 2.45) is 0 Å². The monoisotopic (exact) mass is 324 g/mol. The summed E-state index contributed by atoms with van der Waals surface area (Å²) in [6, 6.07) is 5.14. The predicted octanol–water partition coefficient (Wildman–Crippen LogP) is 2.00. The maximum atomic E-state index is 9.43. The van der Waals surface area contributed by atoms with E-state index >= 15 is 0 Å². The number of ether oxygens (including phenoxy) is 3. The highest BCUT2D eigenvalue weighted by atomic mass is 127. The first-order valence-electron chi connectivity index (χ1n) is 4.42. The van der Waals surface area contributed by atoms with Crippen LogP contribution in [-0.4, -0.2) is 32.2 Å². The Morgan fingerprint density at radius 1 is 1.33 bits per heavy atom. The lowest BCUT2D eigenvalue weighted by Crippen LogP contribution is -2.07. The molecule has 0 aromatic heterocycles. The van der Waals surface area contributed by atoms with Crippen LogP contribution < -0.4 is 4.74 Å². The molecule has 0 aliphatic rings. The van der Waals surface area contributed by atoms with E-state index in [0.29, 0.717) is 19.0 Å². The van der Waals surface area contributed by atoms with E-state index in [4.69, 9.17) is 14.2 Å². The maximum Gasteiger partial charge on any atom is 0.189 e. The number of benzene rings is 1. The zero-order valence-electron chi connectivity index (χ0n) is 8.40. The Morgan fingerprint density at radius 3 is 2.87 bits per heavy atom. The first-order chi connectivity index (χ1) is 7.24. The van der Waals surface area contributed by atoms with E-state index in [1.54, 1.807) is 25.3 Å². The minimum Gasteiger partial charge on any atom is -0.504 e. The minimum atomic E-state index is 0.108. The first kappa shape index (κ1) is 12.5. The highest BCUT2D eigenvalue weighted by Gasteiger charge is 2.02. The number of phenols is 1. The van der Waals surface area contributed by atoms with Crippen LogP contribution in [0.5, 0.6) is 11.5 Å². The molecule has 84 valence electrons. The molecule has 15 heavy (non-hydrogen) atoms. The lowest BCUT2D eigenvalue weighted by Gasteiger charge is -2.08. The van der Waals surface area contributed by atoms with Crippen LogP contribution in [0.25, 0.3) is 0 Å². The van der Waals surface area contributed by atoms with Gasteiger partial charge < -0.3 is 19.3 Å². The third kappa shape index (κ3) is 4.67. The molecule has 1 rings (SSSR count). The Balaban J connectivity index is 2.33. The zero-order chi connectivity index (χ0) is 11.1. The van der Waals surface area contributed by atoms with Crippen LogP contribution in [0.2, 0.25) is 0 Å². The van der Waals surface area contributed by atoms with Crippen LogP contribution in [0, 0.1) is 3.57 Å². The van der Waals surface area contributed by atoms with Crippen LogP contribution in [0.4, 0.5) is 0 Å². The van der Waals surface area contributed by atoms with E-state index in [2.05, 4.69) is 22.6 Å². The molecule has 1 aromatic carbocycles. The molecule has 1 aromatic rings. The van der Waals surface area contributed by atoms with Crippen molar-refractivity contribution >= 4 is 22.6 Å². The fourth-order valence-corrected chi connectivity index (χ4v) is 1.37. The van der Waals surface area contributed by atoms with E-state index in [1.807, 2.05) is 0 Å². The molecule has 0 radical (unpaired) electrons. The highest BCUT2D eigenvalue weighted by molar-refractivity contribution is 14.1. The summed E-state index contributed by atoms with van der Waals surface area (Å²) in [5.41, 5.74) is 0. The van der Waals surface area contributed by atoms with Crippen LogP contribution in [-0.2, 0) is 9.47 Å². The van der Waals surface area contributed by atoms with Crippen LogP contribution >= 0.6 is 22.6 Å². The van der Waals surface area contributed by atoms with Gasteiger partial charge in [0.2, 0.25) is 0 Å². The molecule has 1 N–H and O–H groups in total. The molecule has 0 saturated carbocycles. The summed E-state index contributed by atoms with van der Waals surface area (Å²) >= 11 is 2.14. The smallest absolute Gasteiger partial charge is 0.189 e. The Labute approximate surface area is 102 Å². The standard InChI is InChI=1S/C10H13IO4/c1-13-4-5-14-7-15-10-6-8(11)2-3-9(10)12/h2-3,6,12H,4-5,7H2,1H3. The van der Waals surface area contributed by atoms with Gasteiger partial charge in [0.25, 0.3) is 0 Å². The Kier molecular flexibility index (Phi) is 5.74. The second kappa shape index (κ2) is 6.86. The average Bonchev–Trinajstić information content (AvgIpc) is 2.23. The van der Waals surface area contributed by atoms with Gasteiger partial charge in [0.1, 0.15) is 0 Å². The first-order valence-corrected chi connectivity index (χ1v) is 5.50. The van der Waals surface area contributed by atoms with Crippen LogP contribution in [0.15, 0.2) is 18.2 Å². The molecule has 0 aliphatic carbocycles. The van der Waals surface area contributed by atoms with Crippen molar-refractivity contribution in [3.05, 3.63) is 21.8 Å². The highest BCUT2D eigenvalue weighted by Crippen LogP contribution is 2.27. The fraction of sp³-hybridized carbons (Fsp3) is 0.400. The molecule has 0 bridgehead atoms. The van der Waals surface area contributed by atoms with Crippen molar-refractivity contribution in [2.75, 3.05) is 27.1 Å². The average molecular weight is 324 g/mol. The molecule has 0 amide bonds. The van der Waals surface area contributed by atoms with Gasteiger partial charge in [-0.2, -0.15) is 0 Å². The second-order valence-corrected chi connectivity index (χ2v) is 4.02. The van der Waals surface area contributed by atoms with Crippen molar-refractivity contribution < 1.29 is 19.3 Å². The van der Waals surface area contributed by atoms with E-state index in [-0.39, 0.29) is 12.5 Å². The minimum absolute atomic E-state index is 0.108. The molecule has 5 heteroatoms. The molecule has 0 spiro atoms. The van der Waals surface area contributed by atoms with Crippen molar-refractivity contribution in [3.8, 4) is 11.5 Å². The summed E-state index contributed by atoms with van der Waals surface area (Å²) in [6.45, 7) is 1.11. The molecule has 0 fully saturated rings. The zero-order valence-corrected chi connectivity index (χ0v) is 10.6. The van der Waals surface area contributed by atoms with Gasteiger partial charge in [0.15, 0.2) is 18.3 Å². The lowest BCUT2D eigenvalue weighted by atomic mass is 10.3. The van der Waals surface area contributed by atoms with Crippen LogP contribution in [0.3, 0.4) is 0 Å². The topological polar surface area (TPSA) is 47.9 Å². The van der Waals surface area contributed by atoms with Gasteiger partial charge >= 0.3 is 0 Å². The fourth-order valence-electron chi connectivity index (χ4n) is 0.910. The molecule has 0 saturated heterocycles. The number of phenolic OH excluding ortho intramolecular Hbond substituents is 1. The second-order valence-electron chi connectivity index (χ2n) is 2.78. The normalized spacial score (nSPS) is 10.3. The summed E-state index contributed by atoms with van der Waals surface area (Å²) in [7, 11) is 1.61. The summed E-state index contributed by atoms with van der Waals surface area (Å²) < 4.78 is 16.1. The maximum absolute atomic E-state index is 9.43. The Morgan fingerprint density at radius 2 is 2.13 bits per heavy atom. The van der Waals surface area contributed by atoms with Crippen molar-refractivity contribution in [3.63, 3.8) is 0 Å². The quantitative estimate of drug-likeness (QED) is 0.494. The largest absolute Gasteiger partial charge is 0.504 e. The van der Waals surface area contributed by atoms with E-state index in [9.17, 15) is 5.11 Å². The SMILES string of the molecule is COCCOCOc1cc(I)ccc1O. The van der Waals surface area contributed by atoms with Gasteiger partial charge in [-0.3, -0.25) is 0 Å². The van der Waals surface area contributed by atoms with E-state index < -0.39 is 0 Å². The van der Waals surface area contributed by atoms with E-state index in [0.717, 1.165) is 3.57 Å². The summed E-state index contributed by atoms with van der Waals surface area (Å²) in [5, 5.41) is 9.43. The lowest BCUT2D eigenvalue weighted by molar-refractivity contribution is -0.00947. The Hall–Kier alpha value is -0.530. The van der Waals surface area contributed by atoms with Gasteiger partial charge in [-0.05, 0) is 40.8 Å². The van der Waals surface area contributed by atoms with Gasteiger partial charge in [-0.25, -0.2) is 0 Å². The summed E-state index contributed by atoms with van der Waals surface area (Å²) in [5.74, 6) is 0.546. The molecule has 0 heterocycles. The number of hydrogen-bond donors (Lipinski definition) is 1. The third-order valence-corrected chi connectivity index (χ3v) is 2.32. The number of halogens is 1. The van der Waals surface area contributed by atoms with Crippen molar-refractivity contribution in [1.29, 1.82) is 0 Å². The van der Waals surface area contributed by atoms with Gasteiger partial charge in [0.05, 0.1) is 13.2 Å². The summed E-state index contributed by atoms with van der Waals surface area (Å²) in [4.78, 5) is 0. The van der Waals surface area contributed by atoms with Gasteiger partial charge in [-0.1, -0.05) is 0 Å². The molecule has 0 atom stereocenters. The van der Waals surface area contributed by atoms with Crippen LogP contribution in [0.1, 0.15) is 0 Å². The molecule has 4 nitrogen and oxygen atoms in total. The van der Waals surface area contributed by atoms with E-state index in [1.165, 1.54) is 0 Å². The van der Waals surface area contributed by atoms with Gasteiger partial charge in [-0.15, -0.1) is 0 Å². The number of aromatic hydroxyl groups is 1. The molecule has 0 aliphatic heterocycles. The van der Waals surface area contributed by atoms with Crippen molar-refractivity contribution in [2.45, 2.75) is 0 Å². The predicted molar refractivity (Wildman–Crippen MR) is 64.1 cm³/mol. The number of hydrogen-bond acceptors (Lipinski definition) is 4. The molecule has 0 unspecified atom stereocenters. The Bertz CT molecular complexity index is 303. The summed E-state index contributed by atoms with van der Waals surface area (Å²) in [6.07, 6.45) is 0.